The van der Waals surface area contributed by atoms with Gasteiger partial charge in [0, 0.05) is 18.7 Å². The van der Waals surface area contributed by atoms with E-state index in [4.69, 9.17) is 4.42 Å². The van der Waals surface area contributed by atoms with Crippen molar-refractivity contribution in [3.8, 4) is 11.3 Å². The molecule has 0 radical (unpaired) electrons. The minimum Gasteiger partial charge on any atom is -0.481 e. The highest BCUT2D eigenvalue weighted by molar-refractivity contribution is 5.93. The highest BCUT2D eigenvalue weighted by atomic mass is 16.4. The Balaban J connectivity index is 1.79. The number of benzene rings is 1. The van der Waals surface area contributed by atoms with Gasteiger partial charge in [-0.2, -0.15) is 0 Å². The number of amides is 1. The molecule has 1 aliphatic rings. The maximum atomic E-state index is 12.6. The number of hydrogen-bond donors (Lipinski definition) is 1. The number of furan rings is 1. The normalized spacial score (nSPS) is 20.2. The summed E-state index contributed by atoms with van der Waals surface area (Å²) in [6.45, 7) is 6.78. The van der Waals surface area contributed by atoms with E-state index in [9.17, 15) is 14.7 Å². The molecule has 1 aliphatic heterocycles. The molecule has 1 N–H and O–H groups in total. The van der Waals surface area contributed by atoms with Gasteiger partial charge in [0.15, 0.2) is 5.76 Å². The van der Waals surface area contributed by atoms with Crippen molar-refractivity contribution in [2.24, 2.45) is 11.8 Å². The number of hydrogen-bond acceptors (Lipinski definition) is 3. The van der Waals surface area contributed by atoms with E-state index in [0.717, 1.165) is 5.56 Å². The first-order chi connectivity index (χ1) is 11.9. The highest BCUT2D eigenvalue weighted by Crippen LogP contribution is 2.28. The molecule has 5 heteroatoms. The van der Waals surface area contributed by atoms with Crippen molar-refractivity contribution in [2.45, 2.75) is 26.7 Å². The van der Waals surface area contributed by atoms with Crippen LogP contribution in [0, 0.1) is 11.8 Å². The van der Waals surface area contributed by atoms with Crippen LogP contribution in [0.3, 0.4) is 0 Å². The monoisotopic (exact) mass is 341 g/mol. The van der Waals surface area contributed by atoms with E-state index < -0.39 is 11.9 Å². The van der Waals surface area contributed by atoms with Gasteiger partial charge in [-0.05, 0) is 35.6 Å². The highest BCUT2D eigenvalue weighted by Gasteiger charge is 2.38. The molecule has 0 aliphatic carbocycles. The van der Waals surface area contributed by atoms with Crippen LogP contribution in [0.15, 0.2) is 40.8 Å². The summed E-state index contributed by atoms with van der Waals surface area (Å²) < 4.78 is 5.77. The van der Waals surface area contributed by atoms with E-state index >= 15 is 0 Å². The molecule has 2 heterocycles. The number of carbonyl (C=O) groups is 2. The standard InChI is InChI=1S/C20H23NO4/c1-12(2)14-5-4-6-15(9-14)17-7-8-18(25-17)19(22)21-10-13(3)16(11-21)20(23)24/h4-9,12-13,16H,10-11H2,1-3H3,(H,23,24)/t13-,16-/m1/s1. The van der Waals surface area contributed by atoms with E-state index in [2.05, 4.69) is 26.0 Å². The predicted octanol–water partition coefficient (Wildman–Crippen LogP) is 3.86. The van der Waals surface area contributed by atoms with Crippen LogP contribution in [0.5, 0.6) is 0 Å². The molecule has 0 saturated carbocycles. The lowest BCUT2D eigenvalue weighted by molar-refractivity contribution is -0.142. The Labute approximate surface area is 147 Å². The summed E-state index contributed by atoms with van der Waals surface area (Å²) in [6, 6.07) is 11.5. The minimum atomic E-state index is -0.853. The molecular weight excluding hydrogens is 318 g/mol. The third-order valence-electron chi connectivity index (χ3n) is 4.87. The summed E-state index contributed by atoms with van der Waals surface area (Å²) in [4.78, 5) is 25.4. The van der Waals surface area contributed by atoms with Crippen molar-refractivity contribution >= 4 is 11.9 Å². The molecule has 1 saturated heterocycles. The number of rotatable bonds is 4. The number of nitrogens with zero attached hydrogens (tertiary/aromatic N) is 1. The average molecular weight is 341 g/mol. The average Bonchev–Trinajstić information content (AvgIpc) is 3.21. The molecule has 2 aromatic rings. The third-order valence-corrected chi connectivity index (χ3v) is 4.87. The van der Waals surface area contributed by atoms with Gasteiger partial charge in [0.25, 0.3) is 5.91 Å². The first kappa shape index (κ1) is 17.3. The molecule has 132 valence electrons. The van der Waals surface area contributed by atoms with Crippen molar-refractivity contribution in [1.82, 2.24) is 4.90 Å². The molecule has 2 atom stereocenters. The summed E-state index contributed by atoms with van der Waals surface area (Å²) in [5.41, 5.74) is 2.14. The summed E-state index contributed by atoms with van der Waals surface area (Å²) in [6.07, 6.45) is 0. The van der Waals surface area contributed by atoms with Crippen LogP contribution in [0.1, 0.15) is 42.8 Å². The Bertz CT molecular complexity index is 792. The van der Waals surface area contributed by atoms with Gasteiger partial charge in [0.1, 0.15) is 5.76 Å². The van der Waals surface area contributed by atoms with Crippen LogP contribution in [0.2, 0.25) is 0 Å². The van der Waals surface area contributed by atoms with Crippen LogP contribution in [0.25, 0.3) is 11.3 Å². The number of likely N-dealkylation sites (tertiary alicyclic amines) is 1. The summed E-state index contributed by atoms with van der Waals surface area (Å²) in [7, 11) is 0. The number of carbonyl (C=O) groups excluding carboxylic acids is 1. The zero-order valence-electron chi connectivity index (χ0n) is 14.7. The van der Waals surface area contributed by atoms with Crippen LogP contribution >= 0.6 is 0 Å². The summed E-state index contributed by atoms with van der Waals surface area (Å²) >= 11 is 0. The van der Waals surface area contributed by atoms with Crippen LogP contribution in [-0.4, -0.2) is 35.0 Å². The third kappa shape index (κ3) is 3.45. The zero-order chi connectivity index (χ0) is 18.1. The van der Waals surface area contributed by atoms with Gasteiger partial charge in [-0.1, -0.05) is 39.0 Å². The number of carboxylic acid groups (broad SMARTS) is 1. The van der Waals surface area contributed by atoms with E-state index in [1.54, 1.807) is 17.0 Å². The molecule has 1 aromatic carbocycles. The van der Waals surface area contributed by atoms with Gasteiger partial charge < -0.3 is 14.4 Å². The van der Waals surface area contributed by atoms with Crippen LogP contribution < -0.4 is 0 Å². The quantitative estimate of drug-likeness (QED) is 0.916. The van der Waals surface area contributed by atoms with Gasteiger partial charge in [-0.15, -0.1) is 0 Å². The van der Waals surface area contributed by atoms with Crippen molar-refractivity contribution < 1.29 is 19.1 Å². The molecule has 1 amide bonds. The van der Waals surface area contributed by atoms with Gasteiger partial charge in [-0.3, -0.25) is 9.59 Å². The lowest BCUT2D eigenvalue weighted by Gasteiger charge is -2.13. The molecule has 0 unspecified atom stereocenters. The van der Waals surface area contributed by atoms with Crippen molar-refractivity contribution in [3.63, 3.8) is 0 Å². The van der Waals surface area contributed by atoms with Gasteiger partial charge in [0.05, 0.1) is 5.92 Å². The Kier molecular flexibility index (Phi) is 4.66. The molecule has 25 heavy (non-hydrogen) atoms. The zero-order valence-corrected chi connectivity index (χ0v) is 14.7. The fourth-order valence-corrected chi connectivity index (χ4v) is 3.27. The Morgan fingerprint density at radius 2 is 1.96 bits per heavy atom. The van der Waals surface area contributed by atoms with Crippen LogP contribution in [0.4, 0.5) is 0 Å². The minimum absolute atomic E-state index is 0.0568. The van der Waals surface area contributed by atoms with E-state index in [0.29, 0.717) is 18.2 Å². The Hall–Kier alpha value is -2.56. The lowest BCUT2D eigenvalue weighted by atomic mass is 9.99. The molecule has 3 rings (SSSR count). The SMILES string of the molecule is CC(C)c1cccc(-c2ccc(C(=O)N3C[C@@H](C)[C@H](C(=O)O)C3)o2)c1. The second kappa shape index (κ2) is 6.75. The fourth-order valence-electron chi connectivity index (χ4n) is 3.27. The fraction of sp³-hybridized carbons (Fsp3) is 0.400. The van der Waals surface area contributed by atoms with Gasteiger partial charge in [-0.25, -0.2) is 0 Å². The predicted molar refractivity (Wildman–Crippen MR) is 94.4 cm³/mol. The van der Waals surface area contributed by atoms with Gasteiger partial charge in [0.2, 0.25) is 0 Å². The lowest BCUT2D eigenvalue weighted by Crippen LogP contribution is -2.29. The summed E-state index contributed by atoms with van der Waals surface area (Å²) in [5.74, 6) is -0.360. The molecule has 0 spiro atoms. The molecule has 1 aromatic heterocycles. The largest absolute Gasteiger partial charge is 0.481 e. The second-order valence-corrected chi connectivity index (χ2v) is 7.08. The first-order valence-electron chi connectivity index (χ1n) is 8.59. The van der Waals surface area contributed by atoms with E-state index in [1.807, 2.05) is 19.1 Å². The molecule has 1 fully saturated rings. The number of carboxylic acids is 1. The van der Waals surface area contributed by atoms with Crippen molar-refractivity contribution in [1.29, 1.82) is 0 Å². The van der Waals surface area contributed by atoms with Crippen molar-refractivity contribution in [3.05, 3.63) is 47.7 Å². The van der Waals surface area contributed by atoms with Crippen molar-refractivity contribution in [2.75, 3.05) is 13.1 Å². The topological polar surface area (TPSA) is 70.8 Å². The molecule has 5 nitrogen and oxygen atoms in total. The smallest absolute Gasteiger partial charge is 0.308 e. The maximum absolute atomic E-state index is 12.6. The van der Waals surface area contributed by atoms with E-state index in [-0.39, 0.29) is 24.1 Å². The molecular formula is C20H23NO4. The first-order valence-corrected chi connectivity index (χ1v) is 8.59. The number of aliphatic carboxylic acids is 1. The Morgan fingerprint density at radius 1 is 1.20 bits per heavy atom. The maximum Gasteiger partial charge on any atom is 0.308 e. The Morgan fingerprint density at radius 3 is 2.60 bits per heavy atom. The second-order valence-electron chi connectivity index (χ2n) is 7.08. The van der Waals surface area contributed by atoms with E-state index in [1.165, 1.54) is 5.56 Å². The van der Waals surface area contributed by atoms with Crippen LogP contribution in [-0.2, 0) is 4.79 Å². The molecule has 0 bridgehead atoms. The summed E-state index contributed by atoms with van der Waals surface area (Å²) in [5, 5.41) is 9.22. The van der Waals surface area contributed by atoms with Gasteiger partial charge >= 0.3 is 5.97 Å².